The van der Waals surface area contributed by atoms with E-state index in [1.807, 2.05) is 41.5 Å². The Balaban J connectivity index is 2.04. The molecule has 2 atom stereocenters. The van der Waals surface area contributed by atoms with E-state index in [0.29, 0.717) is 25.9 Å². The fourth-order valence-corrected chi connectivity index (χ4v) is 8.02. The number of hydrogen-bond donors (Lipinski definition) is 4. The number of carboxylic acids is 1. The number of unbranched alkanes of at least 4 members (excludes halogenated alkanes) is 15. The molecule has 0 spiro atoms. The minimum Gasteiger partial charge on any atom is -0.480 e. The van der Waals surface area contributed by atoms with Gasteiger partial charge in [0.15, 0.2) is 11.6 Å². The number of aromatic nitrogens is 4. The van der Waals surface area contributed by atoms with E-state index >= 15 is 0 Å². The van der Waals surface area contributed by atoms with Gasteiger partial charge < -0.3 is 49.4 Å². The van der Waals surface area contributed by atoms with Crippen LogP contribution in [0.15, 0.2) is 0 Å². The normalized spacial score (nSPS) is 12.6. The van der Waals surface area contributed by atoms with Crippen molar-refractivity contribution in [3.05, 3.63) is 5.82 Å². The number of rotatable bonds is 46. The van der Waals surface area contributed by atoms with Crippen LogP contribution in [0, 0.1) is 5.41 Å². The van der Waals surface area contributed by atoms with E-state index in [1.54, 1.807) is 14.1 Å². The zero-order valence-corrected chi connectivity index (χ0v) is 46.7. The molecule has 1 unspecified atom stereocenters. The molecule has 0 saturated heterocycles. The van der Waals surface area contributed by atoms with Gasteiger partial charge in [0.05, 0.1) is 45.7 Å². The molecular formula is C53H99N9O11. The molecule has 4 amide bonds. The maximum Gasteiger partial charge on any atom is 0.326 e. The van der Waals surface area contributed by atoms with Crippen LogP contribution in [0.25, 0.3) is 0 Å². The predicted octanol–water partition coefficient (Wildman–Crippen LogP) is 6.32. The molecule has 0 saturated carbocycles. The number of H-pyrrole nitrogens is 1. The van der Waals surface area contributed by atoms with Crippen molar-refractivity contribution < 1.29 is 52.8 Å². The van der Waals surface area contributed by atoms with Crippen LogP contribution in [-0.4, -0.2) is 187 Å². The van der Waals surface area contributed by atoms with Crippen LogP contribution < -0.4 is 10.6 Å². The number of tetrazole rings is 1. The summed E-state index contributed by atoms with van der Waals surface area (Å²) in [4.78, 5) is 79.4. The number of Topliss-reactive ketones (excluding diaryl/α,β-unsaturated/α-hetero) is 1. The van der Waals surface area contributed by atoms with Gasteiger partial charge in [-0.25, -0.2) is 4.79 Å². The molecule has 1 heterocycles. The summed E-state index contributed by atoms with van der Waals surface area (Å²) in [7, 11) is 4.77. The van der Waals surface area contributed by atoms with Gasteiger partial charge in [-0.05, 0) is 59.3 Å². The Morgan fingerprint density at radius 3 is 1.60 bits per heavy atom. The summed E-state index contributed by atoms with van der Waals surface area (Å²) in [5, 5.41) is 30.2. The van der Waals surface area contributed by atoms with Crippen LogP contribution in [-0.2, 0) is 54.1 Å². The third-order valence-corrected chi connectivity index (χ3v) is 12.6. The fourth-order valence-electron chi connectivity index (χ4n) is 8.02. The minimum absolute atomic E-state index is 0.0193. The van der Waals surface area contributed by atoms with Crippen molar-refractivity contribution in [3.63, 3.8) is 0 Å². The number of carbonyl (C=O) groups excluding carboxylic acids is 5. The molecule has 0 aliphatic carbocycles. The van der Waals surface area contributed by atoms with E-state index in [0.717, 1.165) is 57.2 Å². The minimum atomic E-state index is -1.13. The van der Waals surface area contributed by atoms with Gasteiger partial charge in [-0.3, -0.25) is 24.0 Å². The number of carboxylic acid groups (broad SMARTS) is 1. The van der Waals surface area contributed by atoms with Crippen LogP contribution >= 0.6 is 0 Å². The number of aliphatic carboxylic acids is 1. The molecule has 422 valence electrons. The van der Waals surface area contributed by atoms with E-state index in [9.17, 15) is 33.9 Å². The first kappa shape index (κ1) is 66.9. The number of ketones is 1. The lowest BCUT2D eigenvalue weighted by atomic mass is 9.84. The number of ether oxygens (including phenoxy) is 4. The Hall–Kier alpha value is -4.11. The van der Waals surface area contributed by atoms with Crippen LogP contribution in [0.4, 0.5) is 0 Å². The Kier molecular flexibility index (Phi) is 36.9. The fraction of sp³-hybridized carbons (Fsp3) is 0.868. The lowest BCUT2D eigenvalue weighted by molar-refractivity contribution is -0.149. The SMILES string of the molecule is CN(CCOCCOCC(=O)N(C)CCOCCOCC(=O)NCCCCC(NC(C)(C)C)C(=O)C(C)(C)C)C(=O)CC[C@@H](C(=O)O)N(C)C(=O)CCCCCCCCCCCCCCCCCc1nn[nH]n1. The quantitative estimate of drug-likeness (QED) is 0.0522. The first-order chi connectivity index (χ1) is 34.7. The van der Waals surface area contributed by atoms with E-state index in [1.165, 1.54) is 86.0 Å². The van der Waals surface area contributed by atoms with Crippen LogP contribution in [0.2, 0.25) is 0 Å². The molecule has 0 aliphatic heterocycles. The van der Waals surface area contributed by atoms with E-state index < -0.39 is 17.4 Å². The number of likely N-dealkylation sites (N-methyl/N-ethyl adjacent to an activating group) is 3. The summed E-state index contributed by atoms with van der Waals surface area (Å²) >= 11 is 0. The highest BCUT2D eigenvalue weighted by atomic mass is 16.5. The van der Waals surface area contributed by atoms with Crippen molar-refractivity contribution in [2.45, 2.75) is 200 Å². The van der Waals surface area contributed by atoms with Crippen molar-refractivity contribution in [3.8, 4) is 0 Å². The summed E-state index contributed by atoms with van der Waals surface area (Å²) in [6.07, 6.45) is 21.1. The van der Waals surface area contributed by atoms with Crippen molar-refractivity contribution in [2.24, 2.45) is 5.41 Å². The number of hydrogen-bond acceptors (Lipinski definition) is 14. The van der Waals surface area contributed by atoms with E-state index in [4.69, 9.17) is 18.9 Å². The van der Waals surface area contributed by atoms with Gasteiger partial charge in [0, 0.05) is 71.0 Å². The second-order valence-electron chi connectivity index (χ2n) is 21.4. The topological polar surface area (TPSA) is 248 Å². The molecule has 1 aromatic heterocycles. The number of aromatic amines is 1. The number of carbonyl (C=O) groups is 6. The average Bonchev–Trinajstić information content (AvgIpc) is 3.86. The zero-order chi connectivity index (χ0) is 54.3. The molecule has 1 rings (SSSR count). The monoisotopic (exact) mass is 1040 g/mol. The molecule has 0 bridgehead atoms. The zero-order valence-electron chi connectivity index (χ0n) is 46.7. The molecule has 0 aromatic carbocycles. The third-order valence-electron chi connectivity index (χ3n) is 12.6. The first-order valence-corrected chi connectivity index (χ1v) is 27.3. The van der Waals surface area contributed by atoms with Crippen molar-refractivity contribution in [1.29, 1.82) is 0 Å². The van der Waals surface area contributed by atoms with E-state index in [-0.39, 0.29) is 113 Å². The average molecular weight is 1040 g/mol. The Morgan fingerprint density at radius 1 is 0.589 bits per heavy atom. The van der Waals surface area contributed by atoms with Gasteiger partial charge in [0.1, 0.15) is 19.3 Å². The predicted molar refractivity (Wildman–Crippen MR) is 282 cm³/mol. The second kappa shape index (κ2) is 40.2. The van der Waals surface area contributed by atoms with Gasteiger partial charge in [-0.2, -0.15) is 5.21 Å². The highest BCUT2D eigenvalue weighted by Crippen LogP contribution is 2.21. The Morgan fingerprint density at radius 2 is 1.10 bits per heavy atom. The standard InChI is InChI=1S/C53H99N9O11/c1-52(2,3)50(67)43(55-53(4,5)6)27-25-26-32-54-46(63)41-72-39-37-71-36-34-61(8)49(66)42-73-40-38-70-35-33-60(7)47(64)31-30-44(51(68)69)62(9)48(65)29-24-22-20-18-16-14-12-10-11-13-15-17-19-21-23-28-45-56-58-59-57-45/h43-44,55H,10-42H2,1-9H3,(H,54,63)(H,68,69)(H,56,57,58,59)/t43?,44-/m0/s1. The molecule has 0 aliphatic rings. The molecule has 4 N–H and O–H groups in total. The highest BCUT2D eigenvalue weighted by Gasteiger charge is 2.32. The molecule has 1 aromatic rings. The van der Waals surface area contributed by atoms with Gasteiger partial charge >= 0.3 is 5.97 Å². The molecule has 0 fully saturated rings. The first-order valence-electron chi connectivity index (χ1n) is 27.3. The van der Waals surface area contributed by atoms with Gasteiger partial charge in [-0.1, -0.05) is 109 Å². The largest absolute Gasteiger partial charge is 0.480 e. The third kappa shape index (κ3) is 35.7. The summed E-state index contributed by atoms with van der Waals surface area (Å²) in [6.45, 7) is 14.3. The maximum atomic E-state index is 12.9. The number of nitrogens with zero attached hydrogens (tertiary/aromatic N) is 6. The summed E-state index contributed by atoms with van der Waals surface area (Å²) in [6, 6.07) is -1.31. The smallest absolute Gasteiger partial charge is 0.326 e. The number of amides is 4. The summed E-state index contributed by atoms with van der Waals surface area (Å²) in [5.41, 5.74) is -0.611. The Labute approximate surface area is 438 Å². The lowest BCUT2D eigenvalue weighted by Gasteiger charge is -2.31. The molecule has 20 heteroatoms. The van der Waals surface area contributed by atoms with Gasteiger partial charge in [-0.15, -0.1) is 10.2 Å². The lowest BCUT2D eigenvalue weighted by Crippen LogP contribution is -2.50. The highest BCUT2D eigenvalue weighted by molar-refractivity contribution is 5.88. The van der Waals surface area contributed by atoms with Crippen molar-refractivity contribution in [2.75, 3.05) is 93.6 Å². The molecule has 0 radical (unpaired) electrons. The molecule has 20 nitrogen and oxygen atoms in total. The van der Waals surface area contributed by atoms with Crippen molar-refractivity contribution in [1.82, 2.24) is 46.0 Å². The van der Waals surface area contributed by atoms with Gasteiger partial charge in [0.2, 0.25) is 23.6 Å². The number of aryl methyl sites for hydroxylation is 1. The maximum absolute atomic E-state index is 12.9. The molecular weight excluding hydrogens is 939 g/mol. The van der Waals surface area contributed by atoms with Crippen LogP contribution in [0.5, 0.6) is 0 Å². The van der Waals surface area contributed by atoms with Gasteiger partial charge in [0.25, 0.3) is 0 Å². The summed E-state index contributed by atoms with van der Waals surface area (Å²) in [5.74, 6) is -1.04. The second-order valence-corrected chi connectivity index (χ2v) is 21.4. The van der Waals surface area contributed by atoms with Crippen LogP contribution in [0.3, 0.4) is 0 Å². The van der Waals surface area contributed by atoms with Crippen molar-refractivity contribution >= 4 is 35.4 Å². The van der Waals surface area contributed by atoms with E-state index in [2.05, 4.69) is 31.3 Å². The summed E-state index contributed by atoms with van der Waals surface area (Å²) < 4.78 is 22.0. The molecule has 73 heavy (non-hydrogen) atoms. The number of nitrogens with one attached hydrogen (secondary N) is 3. The Bertz CT molecular complexity index is 1640. The van der Waals surface area contributed by atoms with Crippen LogP contribution in [0.1, 0.15) is 182 Å².